The molecule has 0 unspecified atom stereocenters. The molecule has 0 aliphatic heterocycles. The van der Waals surface area contributed by atoms with Gasteiger partial charge in [-0.05, 0) is 66.2 Å². The molecule has 5 heteroatoms. The molecular weight excluding hydrogens is 611 g/mol. The van der Waals surface area contributed by atoms with Crippen LogP contribution in [0.3, 0.4) is 0 Å². The fourth-order valence-electron chi connectivity index (χ4n) is 7.52. The first-order valence-electron chi connectivity index (χ1n) is 16.3. The molecule has 9 rings (SSSR count). The smallest absolute Gasteiger partial charge is 0.100 e. The number of aromatic nitrogens is 2. The van der Waals surface area contributed by atoms with E-state index in [1.165, 1.54) is 10.8 Å². The van der Waals surface area contributed by atoms with Gasteiger partial charge in [0, 0.05) is 43.9 Å². The molecule has 2 heterocycles. The topological polar surface area (TPSA) is 81.2 Å². The van der Waals surface area contributed by atoms with Gasteiger partial charge in [-0.25, -0.2) is 0 Å². The predicted octanol–water partition coefficient (Wildman–Crippen LogP) is 10.8. The first-order valence-corrected chi connectivity index (χ1v) is 16.3. The molecule has 0 amide bonds. The van der Waals surface area contributed by atoms with Gasteiger partial charge in [0.2, 0.25) is 0 Å². The van der Waals surface area contributed by atoms with Crippen LogP contribution in [0.5, 0.6) is 0 Å². The predicted molar refractivity (Wildman–Crippen MR) is 200 cm³/mol. The number of hydrogen-bond acceptors (Lipinski definition) is 3. The largest absolute Gasteiger partial charge is 0.309 e. The molecule has 0 aliphatic carbocycles. The number of rotatable bonds is 4. The van der Waals surface area contributed by atoms with E-state index in [1.54, 1.807) is 6.07 Å². The normalized spacial score (nSPS) is 11.1. The second-order valence-corrected chi connectivity index (χ2v) is 12.3. The van der Waals surface area contributed by atoms with Crippen LogP contribution in [0.4, 0.5) is 0 Å². The Kier molecular flexibility index (Phi) is 6.56. The van der Waals surface area contributed by atoms with Crippen molar-refractivity contribution in [1.82, 2.24) is 9.13 Å². The molecule has 50 heavy (non-hydrogen) atoms. The lowest BCUT2D eigenvalue weighted by molar-refractivity contribution is 1.18. The van der Waals surface area contributed by atoms with Crippen LogP contribution >= 0.6 is 0 Å². The van der Waals surface area contributed by atoms with Crippen LogP contribution in [0.25, 0.3) is 77.2 Å². The van der Waals surface area contributed by atoms with Crippen molar-refractivity contribution in [3.63, 3.8) is 0 Å². The van der Waals surface area contributed by atoms with E-state index in [-0.39, 0.29) is 0 Å². The Morgan fingerprint density at radius 2 is 1.04 bits per heavy atom. The first kappa shape index (κ1) is 28.8. The zero-order valence-electron chi connectivity index (χ0n) is 26.7. The minimum absolute atomic E-state index is 0.545. The van der Waals surface area contributed by atoms with Crippen LogP contribution in [0.15, 0.2) is 152 Å². The van der Waals surface area contributed by atoms with Gasteiger partial charge in [0.15, 0.2) is 0 Å². The zero-order chi connectivity index (χ0) is 33.8. The summed E-state index contributed by atoms with van der Waals surface area (Å²) in [7, 11) is 0. The molecule has 0 fully saturated rings. The Morgan fingerprint density at radius 3 is 1.76 bits per heavy atom. The maximum atomic E-state index is 10.7. The van der Waals surface area contributed by atoms with E-state index in [1.807, 2.05) is 84.9 Å². The van der Waals surface area contributed by atoms with Crippen LogP contribution < -0.4 is 0 Å². The number of nitriles is 3. The van der Waals surface area contributed by atoms with E-state index in [4.69, 9.17) is 0 Å². The van der Waals surface area contributed by atoms with Gasteiger partial charge in [-0.3, -0.25) is 0 Å². The number of para-hydroxylation sites is 3. The van der Waals surface area contributed by atoms with Gasteiger partial charge in [0.1, 0.15) is 6.07 Å². The van der Waals surface area contributed by atoms with E-state index in [2.05, 4.69) is 88.0 Å². The highest BCUT2D eigenvalue weighted by Crippen LogP contribution is 2.40. The molecule has 2 aromatic heterocycles. The Bertz CT molecular complexity index is 2900. The SMILES string of the molecule is N#Cc1ccc2c(c1)c1c(C#N)cccc1n2-c1ccc(-c2cccc(-c3ccccc3-n3c4ccccc4c4ccccc43)c2C#N)cc1. The number of benzene rings is 7. The van der Waals surface area contributed by atoms with Gasteiger partial charge >= 0.3 is 0 Å². The van der Waals surface area contributed by atoms with Crippen molar-refractivity contribution in [2.75, 3.05) is 0 Å². The molecule has 0 atom stereocenters. The van der Waals surface area contributed by atoms with Gasteiger partial charge in [-0.1, -0.05) is 91.0 Å². The van der Waals surface area contributed by atoms with Crippen molar-refractivity contribution in [3.05, 3.63) is 168 Å². The highest BCUT2D eigenvalue weighted by atomic mass is 15.0. The van der Waals surface area contributed by atoms with E-state index in [0.717, 1.165) is 66.5 Å². The minimum Gasteiger partial charge on any atom is -0.309 e. The van der Waals surface area contributed by atoms with Gasteiger partial charge in [0.05, 0.1) is 56.6 Å². The molecule has 0 saturated carbocycles. The average molecular weight is 636 g/mol. The van der Waals surface area contributed by atoms with Crippen LogP contribution in [0, 0.1) is 34.0 Å². The van der Waals surface area contributed by atoms with Crippen molar-refractivity contribution in [3.8, 4) is 51.8 Å². The summed E-state index contributed by atoms with van der Waals surface area (Å²) in [6.45, 7) is 0. The lowest BCUT2D eigenvalue weighted by Crippen LogP contribution is -1.99. The summed E-state index contributed by atoms with van der Waals surface area (Å²) in [6, 6.07) is 57.8. The third kappa shape index (κ3) is 4.24. The maximum Gasteiger partial charge on any atom is 0.100 e. The summed E-state index contributed by atoms with van der Waals surface area (Å²) >= 11 is 0. The van der Waals surface area contributed by atoms with Crippen molar-refractivity contribution in [2.45, 2.75) is 0 Å². The van der Waals surface area contributed by atoms with E-state index >= 15 is 0 Å². The lowest BCUT2D eigenvalue weighted by atomic mass is 9.91. The molecule has 0 bridgehead atoms. The monoisotopic (exact) mass is 635 g/mol. The summed E-state index contributed by atoms with van der Waals surface area (Å²) in [5.41, 5.74) is 11.3. The van der Waals surface area contributed by atoms with E-state index in [9.17, 15) is 15.8 Å². The van der Waals surface area contributed by atoms with E-state index < -0.39 is 0 Å². The van der Waals surface area contributed by atoms with Crippen molar-refractivity contribution < 1.29 is 0 Å². The molecule has 0 radical (unpaired) electrons. The molecule has 0 spiro atoms. The van der Waals surface area contributed by atoms with Gasteiger partial charge < -0.3 is 9.13 Å². The summed E-state index contributed by atoms with van der Waals surface area (Å²) < 4.78 is 4.42. The molecular formula is C45H25N5. The van der Waals surface area contributed by atoms with Crippen LogP contribution in [-0.4, -0.2) is 9.13 Å². The molecule has 0 N–H and O–H groups in total. The quantitative estimate of drug-likeness (QED) is 0.193. The van der Waals surface area contributed by atoms with Gasteiger partial charge in [0.25, 0.3) is 0 Å². The Hall–Kier alpha value is -7.39. The summed E-state index contributed by atoms with van der Waals surface area (Å²) in [6.07, 6.45) is 0. The molecule has 5 nitrogen and oxygen atoms in total. The maximum absolute atomic E-state index is 10.7. The second kappa shape index (κ2) is 11.4. The molecule has 0 aliphatic rings. The van der Waals surface area contributed by atoms with Crippen molar-refractivity contribution in [1.29, 1.82) is 15.8 Å². The summed E-state index contributed by atoms with van der Waals surface area (Å²) in [4.78, 5) is 0. The Morgan fingerprint density at radius 1 is 0.420 bits per heavy atom. The fourth-order valence-corrected chi connectivity index (χ4v) is 7.52. The van der Waals surface area contributed by atoms with Gasteiger partial charge in [-0.15, -0.1) is 0 Å². The summed E-state index contributed by atoms with van der Waals surface area (Å²) in [5, 5.41) is 34.3. The third-order valence-electron chi connectivity index (χ3n) is 9.67. The fraction of sp³-hybridized carbons (Fsp3) is 0. The average Bonchev–Trinajstić information content (AvgIpc) is 3.70. The minimum atomic E-state index is 0.545. The van der Waals surface area contributed by atoms with Crippen LogP contribution in [0.1, 0.15) is 16.7 Å². The Balaban J connectivity index is 1.20. The number of nitrogens with zero attached hydrogens (tertiary/aromatic N) is 5. The second-order valence-electron chi connectivity index (χ2n) is 12.3. The highest BCUT2D eigenvalue weighted by molar-refractivity contribution is 6.12. The zero-order valence-corrected chi connectivity index (χ0v) is 26.7. The van der Waals surface area contributed by atoms with Gasteiger partial charge in [-0.2, -0.15) is 15.8 Å². The molecule has 7 aromatic carbocycles. The van der Waals surface area contributed by atoms with Crippen molar-refractivity contribution >= 4 is 43.6 Å². The highest BCUT2D eigenvalue weighted by Gasteiger charge is 2.20. The molecule has 0 saturated heterocycles. The molecule has 230 valence electrons. The Labute approximate surface area is 287 Å². The lowest BCUT2D eigenvalue weighted by Gasteiger charge is -2.16. The third-order valence-corrected chi connectivity index (χ3v) is 9.67. The summed E-state index contributed by atoms with van der Waals surface area (Å²) in [5.74, 6) is 0. The first-order chi connectivity index (χ1) is 24.7. The van der Waals surface area contributed by atoms with Crippen molar-refractivity contribution in [2.24, 2.45) is 0 Å². The number of fused-ring (bicyclic) bond motifs is 6. The number of hydrogen-bond donors (Lipinski definition) is 0. The standard InChI is InChI=1S/C45H25N5/c46-26-29-19-24-43-38(25-29)45-31(27-47)9-7-18-44(45)49(43)32-22-20-30(21-23-32)33-13-8-14-34(39(33)28-48)35-10-1-4-15-40(35)50-41-16-5-2-11-36(41)37-12-3-6-17-42(37)50/h1-25H. The van der Waals surface area contributed by atoms with E-state index in [0.29, 0.717) is 16.7 Å². The van der Waals surface area contributed by atoms with Crippen LogP contribution in [0.2, 0.25) is 0 Å². The van der Waals surface area contributed by atoms with Crippen LogP contribution in [-0.2, 0) is 0 Å². The molecule has 9 aromatic rings.